The largest absolute Gasteiger partial charge is 0.480 e. The number of hydrogen-bond donors (Lipinski definition) is 1. The summed E-state index contributed by atoms with van der Waals surface area (Å²) in [5, 5.41) is 8.83. The first-order valence-electron chi connectivity index (χ1n) is 5.78. The highest BCUT2D eigenvalue weighted by molar-refractivity contribution is 8.39. The van der Waals surface area contributed by atoms with E-state index in [1.165, 1.54) is 19.0 Å². The van der Waals surface area contributed by atoms with Gasteiger partial charge < -0.3 is 14.7 Å². The molecular formula is C12H17NO5S2. The minimum absolute atomic E-state index is 0.0996. The molecule has 0 saturated carbocycles. The molecule has 0 aromatic rings. The molecule has 0 aromatic carbocycles. The van der Waals surface area contributed by atoms with Gasteiger partial charge in [-0.2, -0.15) is 0 Å². The SMILES string of the molecule is CN(C)C(=O)C(C(=O)OC(C)(C)C)=C1SC(C(=O)O)S1. The summed E-state index contributed by atoms with van der Waals surface area (Å²) < 4.78 is 4.92. The molecule has 0 bridgehead atoms. The topological polar surface area (TPSA) is 83.9 Å². The Bertz CT molecular complexity index is 471. The first kappa shape index (κ1) is 16.9. The molecule has 0 aromatic heterocycles. The van der Waals surface area contributed by atoms with E-state index in [2.05, 4.69) is 0 Å². The Morgan fingerprint density at radius 3 is 2.05 bits per heavy atom. The van der Waals surface area contributed by atoms with Crippen molar-refractivity contribution in [3.05, 3.63) is 9.81 Å². The van der Waals surface area contributed by atoms with Gasteiger partial charge in [0.25, 0.3) is 5.91 Å². The van der Waals surface area contributed by atoms with Crippen molar-refractivity contribution in [1.82, 2.24) is 4.90 Å². The first-order valence-corrected chi connectivity index (χ1v) is 7.54. The number of nitrogens with zero attached hydrogens (tertiary/aromatic N) is 1. The lowest BCUT2D eigenvalue weighted by molar-refractivity contribution is -0.151. The number of amides is 1. The number of carboxylic acids is 1. The van der Waals surface area contributed by atoms with Gasteiger partial charge in [0.05, 0.1) is 4.24 Å². The van der Waals surface area contributed by atoms with E-state index >= 15 is 0 Å². The number of esters is 1. The summed E-state index contributed by atoms with van der Waals surface area (Å²) in [5.41, 5.74) is -0.821. The number of carbonyl (C=O) groups is 3. The number of carboxylic acid groups (broad SMARTS) is 1. The van der Waals surface area contributed by atoms with Crippen LogP contribution < -0.4 is 0 Å². The molecule has 1 aliphatic heterocycles. The summed E-state index contributed by atoms with van der Waals surface area (Å²) in [7, 11) is 3.05. The Balaban J connectivity index is 3.00. The van der Waals surface area contributed by atoms with Gasteiger partial charge in [-0.3, -0.25) is 9.59 Å². The van der Waals surface area contributed by atoms with Crippen LogP contribution in [0.2, 0.25) is 0 Å². The second kappa shape index (κ2) is 6.09. The van der Waals surface area contributed by atoms with E-state index in [1.54, 1.807) is 20.8 Å². The predicted molar refractivity (Wildman–Crippen MR) is 78.2 cm³/mol. The maximum atomic E-state index is 12.1. The van der Waals surface area contributed by atoms with Crippen molar-refractivity contribution in [2.75, 3.05) is 14.1 Å². The molecule has 0 atom stereocenters. The van der Waals surface area contributed by atoms with Crippen molar-refractivity contribution >= 4 is 41.4 Å². The number of aliphatic carboxylic acids is 1. The molecule has 1 rings (SSSR count). The molecule has 0 unspecified atom stereocenters. The molecule has 1 aliphatic rings. The summed E-state index contributed by atoms with van der Waals surface area (Å²) in [5.74, 6) is -2.20. The maximum absolute atomic E-state index is 12.1. The second-order valence-corrected chi connectivity index (χ2v) is 8.06. The smallest absolute Gasteiger partial charge is 0.346 e. The van der Waals surface area contributed by atoms with Crippen molar-refractivity contribution in [1.29, 1.82) is 0 Å². The summed E-state index contributed by atoms with van der Waals surface area (Å²) in [6.45, 7) is 5.11. The minimum Gasteiger partial charge on any atom is -0.480 e. The molecule has 6 nitrogen and oxygen atoms in total. The van der Waals surface area contributed by atoms with Crippen LogP contribution in [0.25, 0.3) is 0 Å². The van der Waals surface area contributed by atoms with Gasteiger partial charge in [-0.15, -0.1) is 0 Å². The average molecular weight is 319 g/mol. The average Bonchev–Trinajstić information content (AvgIpc) is 2.17. The van der Waals surface area contributed by atoms with Gasteiger partial charge in [0, 0.05) is 14.1 Å². The molecule has 0 radical (unpaired) electrons. The van der Waals surface area contributed by atoms with E-state index in [-0.39, 0.29) is 5.57 Å². The summed E-state index contributed by atoms with van der Waals surface area (Å²) >= 11 is 1.97. The summed E-state index contributed by atoms with van der Waals surface area (Å²) in [4.78, 5) is 36.2. The number of carbonyl (C=O) groups excluding carboxylic acids is 2. The Hall–Kier alpha value is -1.15. The minimum atomic E-state index is -0.982. The number of thioether (sulfide) groups is 2. The standard InChI is InChI=1S/C12H17NO5S2/c1-12(2,3)18-9(17)6(7(14)13(4)5)10-19-11(20-10)8(15)16/h11H,1-5H3,(H,15,16). The molecule has 1 N–H and O–H groups in total. The van der Waals surface area contributed by atoms with E-state index in [0.29, 0.717) is 4.24 Å². The lowest BCUT2D eigenvalue weighted by Gasteiger charge is -2.28. The van der Waals surface area contributed by atoms with Crippen LogP contribution in [0.3, 0.4) is 0 Å². The molecular weight excluding hydrogens is 302 g/mol. The lowest BCUT2D eigenvalue weighted by atomic mass is 10.2. The fourth-order valence-corrected chi connectivity index (χ4v) is 3.28. The van der Waals surface area contributed by atoms with Gasteiger partial charge in [-0.25, -0.2) is 4.79 Å². The zero-order valence-corrected chi connectivity index (χ0v) is 13.6. The highest BCUT2D eigenvalue weighted by atomic mass is 32.3. The molecule has 1 fully saturated rings. The van der Waals surface area contributed by atoms with Gasteiger partial charge in [-0.1, -0.05) is 23.5 Å². The normalized spacial score (nSPS) is 18.1. The number of rotatable bonds is 3. The molecule has 1 heterocycles. The summed E-state index contributed by atoms with van der Waals surface area (Å²) in [6, 6.07) is 0. The van der Waals surface area contributed by atoms with Crippen LogP contribution in [0.15, 0.2) is 9.81 Å². The number of ether oxygens (including phenoxy) is 1. The Labute approximate surface area is 125 Å². The number of likely N-dealkylation sites (N-methyl/N-ethyl adjacent to an activating group) is 1. The zero-order chi connectivity index (χ0) is 15.7. The van der Waals surface area contributed by atoms with Crippen molar-refractivity contribution in [2.24, 2.45) is 0 Å². The van der Waals surface area contributed by atoms with Crippen LogP contribution in [0.5, 0.6) is 0 Å². The molecule has 20 heavy (non-hydrogen) atoms. The van der Waals surface area contributed by atoms with Crippen molar-refractivity contribution in [3.63, 3.8) is 0 Å². The Morgan fingerprint density at radius 2 is 1.70 bits per heavy atom. The molecule has 112 valence electrons. The van der Waals surface area contributed by atoms with Crippen LogP contribution in [0.4, 0.5) is 0 Å². The fourth-order valence-electron chi connectivity index (χ4n) is 1.23. The van der Waals surface area contributed by atoms with E-state index in [0.717, 1.165) is 23.5 Å². The first-order chi connectivity index (χ1) is 9.03. The van der Waals surface area contributed by atoms with Crippen LogP contribution in [-0.2, 0) is 19.1 Å². The quantitative estimate of drug-likeness (QED) is 0.365. The number of hydrogen-bond acceptors (Lipinski definition) is 6. The highest BCUT2D eigenvalue weighted by Gasteiger charge is 2.39. The highest BCUT2D eigenvalue weighted by Crippen LogP contribution is 2.52. The molecule has 8 heteroatoms. The van der Waals surface area contributed by atoms with Gasteiger partial charge >= 0.3 is 11.9 Å². The van der Waals surface area contributed by atoms with E-state index in [4.69, 9.17) is 9.84 Å². The van der Waals surface area contributed by atoms with Crippen LogP contribution >= 0.6 is 23.5 Å². The Morgan fingerprint density at radius 1 is 1.20 bits per heavy atom. The van der Waals surface area contributed by atoms with Gasteiger partial charge in [-0.05, 0) is 20.8 Å². The van der Waals surface area contributed by atoms with Crippen LogP contribution in [0, 0.1) is 0 Å². The maximum Gasteiger partial charge on any atom is 0.346 e. The van der Waals surface area contributed by atoms with Crippen molar-refractivity contribution in [2.45, 2.75) is 31.0 Å². The second-order valence-electron chi connectivity index (χ2n) is 5.27. The molecule has 1 amide bonds. The molecule has 1 saturated heterocycles. The van der Waals surface area contributed by atoms with Crippen LogP contribution in [0.1, 0.15) is 20.8 Å². The third-order valence-corrected chi connectivity index (χ3v) is 4.88. The van der Waals surface area contributed by atoms with E-state index in [9.17, 15) is 14.4 Å². The fraction of sp³-hybridized carbons (Fsp3) is 0.583. The van der Waals surface area contributed by atoms with Gasteiger partial charge in [0.2, 0.25) is 0 Å². The summed E-state index contributed by atoms with van der Waals surface area (Å²) in [6.07, 6.45) is 0. The monoisotopic (exact) mass is 319 g/mol. The Kier molecular flexibility index (Phi) is 5.15. The van der Waals surface area contributed by atoms with E-state index < -0.39 is 28.0 Å². The molecule has 0 aliphatic carbocycles. The third kappa shape index (κ3) is 4.17. The van der Waals surface area contributed by atoms with Crippen molar-refractivity contribution < 1.29 is 24.2 Å². The van der Waals surface area contributed by atoms with Crippen molar-refractivity contribution in [3.8, 4) is 0 Å². The third-order valence-electron chi connectivity index (χ3n) is 2.06. The molecule has 0 spiro atoms. The zero-order valence-electron chi connectivity index (χ0n) is 11.9. The van der Waals surface area contributed by atoms with Crippen LogP contribution in [-0.4, -0.2) is 52.1 Å². The lowest BCUT2D eigenvalue weighted by Crippen LogP contribution is -2.34. The van der Waals surface area contributed by atoms with Gasteiger partial charge in [0.1, 0.15) is 11.2 Å². The predicted octanol–water partition coefficient (Wildman–Crippen LogP) is 1.52. The van der Waals surface area contributed by atoms with E-state index in [1.807, 2.05) is 0 Å². The van der Waals surface area contributed by atoms with Gasteiger partial charge in [0.15, 0.2) is 4.58 Å².